The molecule has 0 radical (unpaired) electrons. The van der Waals surface area contributed by atoms with Gasteiger partial charge < -0.3 is 4.74 Å². The zero-order valence-electron chi connectivity index (χ0n) is 10.6. The lowest BCUT2D eigenvalue weighted by atomic mass is 9.93. The van der Waals surface area contributed by atoms with Gasteiger partial charge in [-0.15, -0.1) is 0 Å². The highest BCUT2D eigenvalue weighted by atomic mass is 35.5. The van der Waals surface area contributed by atoms with Crippen molar-refractivity contribution < 1.29 is 9.53 Å². The van der Waals surface area contributed by atoms with Crippen LogP contribution in [0, 0.1) is 5.41 Å². The Bertz CT molecular complexity index is 380. The van der Waals surface area contributed by atoms with Crippen molar-refractivity contribution >= 4 is 17.4 Å². The molecule has 0 saturated carbocycles. The van der Waals surface area contributed by atoms with Crippen molar-refractivity contribution in [2.45, 2.75) is 27.2 Å². The number of hydrogen-bond donors (Lipinski definition) is 0. The lowest BCUT2D eigenvalue weighted by Gasteiger charge is -2.17. The maximum atomic E-state index is 11.8. The summed E-state index contributed by atoms with van der Waals surface area (Å²) >= 11 is 5.93. The van der Waals surface area contributed by atoms with Crippen molar-refractivity contribution in [3.8, 4) is 0 Å². The summed E-state index contributed by atoms with van der Waals surface area (Å²) in [5.74, 6) is -0.0653. The first-order chi connectivity index (χ1) is 7.90. The molecule has 0 amide bonds. The number of rotatable bonds is 5. The van der Waals surface area contributed by atoms with Gasteiger partial charge >= 0.3 is 0 Å². The highest BCUT2D eigenvalue weighted by molar-refractivity contribution is 6.34. The molecule has 0 bridgehead atoms. The monoisotopic (exact) mass is 254 g/mol. The standard InChI is InChI=1S/C14H19ClO2/c1-14(2,3)8-9-17-10-13(16)11-6-4-5-7-12(11)15/h4-7H,8-10H2,1-3H3. The second kappa shape index (κ2) is 6.18. The highest BCUT2D eigenvalue weighted by Gasteiger charge is 2.12. The van der Waals surface area contributed by atoms with Gasteiger partial charge in [0, 0.05) is 12.2 Å². The van der Waals surface area contributed by atoms with Crippen LogP contribution in [0.15, 0.2) is 24.3 Å². The molecular weight excluding hydrogens is 236 g/mol. The van der Waals surface area contributed by atoms with Gasteiger partial charge in [0.25, 0.3) is 0 Å². The Morgan fingerprint density at radius 2 is 1.94 bits per heavy atom. The Balaban J connectivity index is 2.39. The minimum Gasteiger partial charge on any atom is -0.373 e. The third-order valence-corrected chi connectivity index (χ3v) is 2.73. The third-order valence-electron chi connectivity index (χ3n) is 2.40. The molecule has 0 aliphatic rings. The second-order valence-corrected chi connectivity index (χ2v) is 5.67. The van der Waals surface area contributed by atoms with Gasteiger partial charge in [-0.3, -0.25) is 4.79 Å². The summed E-state index contributed by atoms with van der Waals surface area (Å²) in [6.45, 7) is 7.13. The lowest BCUT2D eigenvalue weighted by molar-refractivity contribution is 0.0705. The number of carbonyl (C=O) groups is 1. The summed E-state index contributed by atoms with van der Waals surface area (Å²) in [5, 5.41) is 0.483. The van der Waals surface area contributed by atoms with E-state index in [2.05, 4.69) is 20.8 Å². The molecule has 0 saturated heterocycles. The van der Waals surface area contributed by atoms with E-state index in [1.807, 2.05) is 0 Å². The summed E-state index contributed by atoms with van der Waals surface area (Å²) < 4.78 is 5.37. The van der Waals surface area contributed by atoms with Crippen molar-refractivity contribution in [3.05, 3.63) is 34.9 Å². The van der Waals surface area contributed by atoms with E-state index < -0.39 is 0 Å². The fourth-order valence-corrected chi connectivity index (χ4v) is 1.55. The Morgan fingerprint density at radius 1 is 1.29 bits per heavy atom. The molecule has 0 spiro atoms. The van der Waals surface area contributed by atoms with Gasteiger partial charge in [0.1, 0.15) is 6.61 Å². The summed E-state index contributed by atoms with van der Waals surface area (Å²) in [6, 6.07) is 7.04. The second-order valence-electron chi connectivity index (χ2n) is 5.27. The summed E-state index contributed by atoms with van der Waals surface area (Å²) in [7, 11) is 0. The SMILES string of the molecule is CC(C)(C)CCOCC(=O)c1ccccc1Cl. The molecule has 2 nitrogen and oxygen atoms in total. The first-order valence-electron chi connectivity index (χ1n) is 5.75. The Hall–Kier alpha value is -0.860. The van der Waals surface area contributed by atoms with Gasteiger partial charge in [-0.1, -0.05) is 44.5 Å². The smallest absolute Gasteiger partial charge is 0.189 e. The molecule has 0 aromatic heterocycles. The predicted octanol–water partition coefficient (Wildman–Crippen LogP) is 3.98. The van der Waals surface area contributed by atoms with Crippen molar-refractivity contribution in [3.63, 3.8) is 0 Å². The van der Waals surface area contributed by atoms with E-state index in [9.17, 15) is 4.79 Å². The minimum atomic E-state index is -0.0653. The quantitative estimate of drug-likeness (QED) is 0.587. The normalized spacial score (nSPS) is 11.5. The Labute approximate surface area is 108 Å². The van der Waals surface area contributed by atoms with Crippen LogP contribution in [-0.4, -0.2) is 19.0 Å². The van der Waals surface area contributed by atoms with Crippen LogP contribution in [0.4, 0.5) is 0 Å². The molecule has 94 valence electrons. The molecule has 1 rings (SSSR count). The van der Waals surface area contributed by atoms with Crippen LogP contribution in [0.1, 0.15) is 37.6 Å². The Morgan fingerprint density at radius 3 is 2.53 bits per heavy atom. The van der Waals surface area contributed by atoms with Crippen LogP contribution in [0.3, 0.4) is 0 Å². The first-order valence-corrected chi connectivity index (χ1v) is 6.13. The lowest BCUT2D eigenvalue weighted by Crippen LogP contribution is -2.14. The van der Waals surface area contributed by atoms with Crippen LogP contribution in [0.5, 0.6) is 0 Å². The number of ketones is 1. The van der Waals surface area contributed by atoms with Crippen LogP contribution < -0.4 is 0 Å². The Kier molecular flexibility index (Phi) is 5.16. The van der Waals surface area contributed by atoms with Crippen molar-refractivity contribution in [1.29, 1.82) is 0 Å². The number of carbonyl (C=O) groups excluding carboxylic acids is 1. The van der Waals surface area contributed by atoms with Gasteiger partial charge in [0.05, 0.1) is 5.02 Å². The zero-order chi connectivity index (χ0) is 12.9. The largest absolute Gasteiger partial charge is 0.373 e. The van der Waals surface area contributed by atoms with E-state index in [1.54, 1.807) is 24.3 Å². The van der Waals surface area contributed by atoms with Gasteiger partial charge in [-0.05, 0) is 24.0 Å². The number of ether oxygens (including phenoxy) is 1. The molecule has 0 unspecified atom stereocenters. The van der Waals surface area contributed by atoms with Crippen molar-refractivity contribution in [1.82, 2.24) is 0 Å². The predicted molar refractivity (Wildman–Crippen MR) is 70.7 cm³/mol. The molecule has 0 atom stereocenters. The number of halogens is 1. The molecule has 3 heteroatoms. The summed E-state index contributed by atoms with van der Waals surface area (Å²) in [5.41, 5.74) is 0.762. The maximum absolute atomic E-state index is 11.8. The topological polar surface area (TPSA) is 26.3 Å². The minimum absolute atomic E-state index is 0.0653. The highest BCUT2D eigenvalue weighted by Crippen LogP contribution is 2.18. The summed E-state index contributed by atoms with van der Waals surface area (Å²) in [4.78, 5) is 11.8. The maximum Gasteiger partial charge on any atom is 0.189 e. The molecular formula is C14H19ClO2. The van der Waals surface area contributed by atoms with E-state index in [0.29, 0.717) is 17.2 Å². The molecule has 1 aromatic rings. The molecule has 0 fully saturated rings. The van der Waals surface area contributed by atoms with Gasteiger partial charge in [0.15, 0.2) is 5.78 Å². The fourth-order valence-electron chi connectivity index (χ4n) is 1.31. The fraction of sp³-hybridized carbons (Fsp3) is 0.500. The van der Waals surface area contributed by atoms with Crippen molar-refractivity contribution in [2.75, 3.05) is 13.2 Å². The third kappa shape index (κ3) is 5.33. The van der Waals surface area contributed by atoms with E-state index >= 15 is 0 Å². The molecule has 1 aromatic carbocycles. The van der Waals surface area contributed by atoms with E-state index in [-0.39, 0.29) is 17.8 Å². The number of hydrogen-bond acceptors (Lipinski definition) is 2. The first kappa shape index (κ1) is 14.2. The summed E-state index contributed by atoms with van der Waals surface area (Å²) in [6.07, 6.45) is 0.933. The number of Topliss-reactive ketones (excluding diaryl/α,β-unsaturated/α-hetero) is 1. The van der Waals surface area contributed by atoms with E-state index in [0.717, 1.165) is 6.42 Å². The van der Waals surface area contributed by atoms with Crippen molar-refractivity contribution in [2.24, 2.45) is 5.41 Å². The van der Waals surface area contributed by atoms with Crippen LogP contribution in [0.2, 0.25) is 5.02 Å². The van der Waals surface area contributed by atoms with Crippen LogP contribution in [-0.2, 0) is 4.74 Å². The molecule has 0 heterocycles. The molecule has 17 heavy (non-hydrogen) atoms. The zero-order valence-corrected chi connectivity index (χ0v) is 11.4. The average molecular weight is 255 g/mol. The van der Waals surface area contributed by atoms with Crippen LogP contribution in [0.25, 0.3) is 0 Å². The van der Waals surface area contributed by atoms with Crippen LogP contribution >= 0.6 is 11.6 Å². The average Bonchev–Trinajstić information content (AvgIpc) is 2.23. The number of benzene rings is 1. The van der Waals surface area contributed by atoms with Gasteiger partial charge in [0.2, 0.25) is 0 Å². The van der Waals surface area contributed by atoms with Gasteiger partial charge in [-0.2, -0.15) is 0 Å². The molecule has 0 aliphatic heterocycles. The molecule has 0 aliphatic carbocycles. The van der Waals surface area contributed by atoms with E-state index in [1.165, 1.54) is 0 Å². The van der Waals surface area contributed by atoms with Gasteiger partial charge in [-0.25, -0.2) is 0 Å². The molecule has 0 N–H and O–H groups in total. The van der Waals surface area contributed by atoms with E-state index in [4.69, 9.17) is 16.3 Å².